The Morgan fingerprint density at radius 3 is 2.70 bits per heavy atom. The van der Waals surface area contributed by atoms with Crippen LogP contribution in [0.1, 0.15) is 30.1 Å². The van der Waals surface area contributed by atoms with Crippen LogP contribution in [0, 0.1) is 11.6 Å². The Hall–Kier alpha value is -2.00. The predicted octanol–water partition coefficient (Wildman–Crippen LogP) is 0.0861. The van der Waals surface area contributed by atoms with Crippen molar-refractivity contribution in [2.75, 3.05) is 6.54 Å². The summed E-state index contributed by atoms with van der Waals surface area (Å²) in [6.45, 7) is 1.77. The molecule has 1 aliphatic rings. The minimum atomic E-state index is -1.65. The molecule has 9 heteroatoms. The first-order valence-corrected chi connectivity index (χ1v) is 7.23. The fraction of sp³-hybridized carbons (Fsp3) is 0.429. The maximum absolute atomic E-state index is 13.6. The molecule has 0 radical (unpaired) electrons. The number of halogens is 2. The van der Waals surface area contributed by atoms with Crippen LogP contribution in [0.3, 0.4) is 0 Å². The summed E-state index contributed by atoms with van der Waals surface area (Å²) in [6.07, 6.45) is 1.08. The Morgan fingerprint density at radius 1 is 1.39 bits per heavy atom. The second-order valence-corrected chi connectivity index (χ2v) is 5.47. The van der Waals surface area contributed by atoms with Gasteiger partial charge in [-0.2, -0.15) is 0 Å². The van der Waals surface area contributed by atoms with Crippen molar-refractivity contribution in [2.24, 2.45) is 0 Å². The van der Waals surface area contributed by atoms with E-state index in [1.54, 1.807) is 0 Å². The number of amides is 2. The van der Waals surface area contributed by atoms with Gasteiger partial charge >= 0.3 is 7.12 Å². The zero-order chi connectivity index (χ0) is 17.1. The van der Waals surface area contributed by atoms with Crippen molar-refractivity contribution < 1.29 is 28.4 Å². The van der Waals surface area contributed by atoms with E-state index in [-0.39, 0.29) is 5.56 Å². The smallest absolute Gasteiger partial charge is 0.426 e. The Balaban J connectivity index is 2.04. The lowest BCUT2D eigenvalue weighted by atomic mass is 9.78. The van der Waals surface area contributed by atoms with Gasteiger partial charge in [0.1, 0.15) is 17.7 Å². The average Bonchev–Trinajstić information content (AvgIpc) is 2.95. The summed E-state index contributed by atoms with van der Waals surface area (Å²) in [5.74, 6) is -3.88. The summed E-state index contributed by atoms with van der Waals surface area (Å²) >= 11 is 0. The van der Waals surface area contributed by atoms with Crippen molar-refractivity contribution in [3.05, 3.63) is 35.4 Å². The SMILES string of the molecule is C[C@@H](NC(=O)c1ccc(F)cc1F)C(=O)N1CCC[C@H]1B(O)O. The monoisotopic (exact) mass is 326 g/mol. The summed E-state index contributed by atoms with van der Waals surface area (Å²) in [7, 11) is -1.65. The first-order chi connectivity index (χ1) is 10.8. The highest BCUT2D eigenvalue weighted by Crippen LogP contribution is 2.19. The number of carbonyl (C=O) groups excluding carboxylic acids is 2. The molecule has 0 bridgehead atoms. The minimum Gasteiger partial charge on any atom is -0.426 e. The van der Waals surface area contributed by atoms with Crippen LogP contribution in [-0.2, 0) is 4.79 Å². The third kappa shape index (κ3) is 3.86. The molecule has 6 nitrogen and oxygen atoms in total. The summed E-state index contributed by atoms with van der Waals surface area (Å²) in [6, 6.07) is 1.54. The molecule has 0 aromatic heterocycles. The predicted molar refractivity (Wildman–Crippen MR) is 78.2 cm³/mol. The number of nitrogens with one attached hydrogen (secondary N) is 1. The molecule has 1 fully saturated rings. The Kier molecular flexibility index (Phi) is 5.32. The van der Waals surface area contributed by atoms with E-state index in [0.717, 1.165) is 12.1 Å². The molecule has 0 aliphatic carbocycles. The van der Waals surface area contributed by atoms with Crippen molar-refractivity contribution >= 4 is 18.9 Å². The van der Waals surface area contributed by atoms with E-state index in [1.165, 1.54) is 11.8 Å². The Morgan fingerprint density at radius 2 is 2.09 bits per heavy atom. The third-order valence-electron chi connectivity index (χ3n) is 3.82. The molecule has 2 atom stereocenters. The molecule has 1 saturated heterocycles. The molecule has 1 aromatic rings. The summed E-state index contributed by atoms with van der Waals surface area (Å²) in [5, 5.41) is 20.9. The number of benzene rings is 1. The molecule has 124 valence electrons. The van der Waals surface area contributed by atoms with Gasteiger partial charge in [0.25, 0.3) is 5.91 Å². The van der Waals surface area contributed by atoms with E-state index >= 15 is 0 Å². The Bertz CT molecular complexity index is 614. The zero-order valence-electron chi connectivity index (χ0n) is 12.5. The standard InChI is InChI=1S/C14H17BF2N2O4/c1-8(14(21)19-6-2-3-12(19)15(22)23)18-13(20)10-5-4-9(16)7-11(10)17/h4-5,7-8,12,22-23H,2-3,6H2,1H3,(H,18,20)/t8-,12+/m1/s1. The van der Waals surface area contributed by atoms with Crippen LogP contribution >= 0.6 is 0 Å². The van der Waals surface area contributed by atoms with E-state index in [1.807, 2.05) is 0 Å². The molecule has 0 saturated carbocycles. The van der Waals surface area contributed by atoms with Gasteiger partial charge in [-0.05, 0) is 31.9 Å². The highest BCUT2D eigenvalue weighted by Gasteiger charge is 2.38. The first-order valence-electron chi connectivity index (χ1n) is 7.23. The fourth-order valence-corrected chi connectivity index (χ4v) is 2.63. The first kappa shape index (κ1) is 17.4. The van der Waals surface area contributed by atoms with Crippen LogP contribution in [0.15, 0.2) is 18.2 Å². The Labute approximate surface area is 132 Å². The largest absolute Gasteiger partial charge is 0.475 e. The zero-order valence-corrected chi connectivity index (χ0v) is 12.5. The number of rotatable bonds is 4. The van der Waals surface area contributed by atoms with Gasteiger partial charge in [-0.15, -0.1) is 0 Å². The highest BCUT2D eigenvalue weighted by atomic mass is 19.1. The molecule has 0 spiro atoms. The van der Waals surface area contributed by atoms with Gasteiger partial charge in [0.2, 0.25) is 5.91 Å². The molecule has 1 heterocycles. The number of nitrogens with zero attached hydrogens (tertiary/aromatic N) is 1. The summed E-state index contributed by atoms with van der Waals surface area (Å²) < 4.78 is 26.4. The topological polar surface area (TPSA) is 89.9 Å². The second kappa shape index (κ2) is 7.05. The normalized spacial score (nSPS) is 18.7. The fourth-order valence-electron chi connectivity index (χ4n) is 2.63. The van der Waals surface area contributed by atoms with Crippen LogP contribution in [0.2, 0.25) is 0 Å². The van der Waals surface area contributed by atoms with E-state index < -0.39 is 42.6 Å². The minimum absolute atomic E-state index is 0.353. The molecule has 1 aromatic carbocycles. The number of carbonyl (C=O) groups is 2. The molecule has 23 heavy (non-hydrogen) atoms. The van der Waals surface area contributed by atoms with Crippen molar-refractivity contribution in [1.82, 2.24) is 10.2 Å². The van der Waals surface area contributed by atoms with Gasteiger partial charge in [0, 0.05) is 12.6 Å². The summed E-state index contributed by atoms with van der Waals surface area (Å²) in [5.41, 5.74) is -0.369. The molecule has 0 unspecified atom stereocenters. The van der Waals surface area contributed by atoms with Crippen molar-refractivity contribution in [2.45, 2.75) is 31.7 Å². The van der Waals surface area contributed by atoms with Crippen LogP contribution in [0.25, 0.3) is 0 Å². The van der Waals surface area contributed by atoms with E-state index in [4.69, 9.17) is 0 Å². The van der Waals surface area contributed by atoms with Gasteiger partial charge in [-0.1, -0.05) is 0 Å². The number of hydrogen-bond donors (Lipinski definition) is 3. The summed E-state index contributed by atoms with van der Waals surface area (Å²) in [4.78, 5) is 25.6. The molecule has 3 N–H and O–H groups in total. The number of hydrogen-bond acceptors (Lipinski definition) is 4. The van der Waals surface area contributed by atoms with Gasteiger partial charge in [-0.3, -0.25) is 9.59 Å². The van der Waals surface area contributed by atoms with Gasteiger partial charge in [0.05, 0.1) is 11.5 Å². The van der Waals surface area contributed by atoms with Gasteiger partial charge < -0.3 is 20.3 Å². The van der Waals surface area contributed by atoms with Crippen LogP contribution in [0.5, 0.6) is 0 Å². The lowest BCUT2D eigenvalue weighted by Crippen LogP contribution is -2.52. The highest BCUT2D eigenvalue weighted by molar-refractivity contribution is 6.43. The molecule has 2 amide bonds. The molecular weight excluding hydrogens is 309 g/mol. The van der Waals surface area contributed by atoms with E-state index in [0.29, 0.717) is 25.5 Å². The van der Waals surface area contributed by atoms with E-state index in [9.17, 15) is 28.4 Å². The van der Waals surface area contributed by atoms with Gasteiger partial charge in [0.15, 0.2) is 0 Å². The number of likely N-dealkylation sites (tertiary alicyclic amines) is 1. The van der Waals surface area contributed by atoms with Crippen molar-refractivity contribution in [3.8, 4) is 0 Å². The van der Waals surface area contributed by atoms with E-state index in [2.05, 4.69) is 5.32 Å². The average molecular weight is 326 g/mol. The third-order valence-corrected chi connectivity index (χ3v) is 3.82. The van der Waals surface area contributed by atoms with Gasteiger partial charge in [-0.25, -0.2) is 8.78 Å². The van der Waals surface area contributed by atoms with Crippen LogP contribution < -0.4 is 5.32 Å². The quantitative estimate of drug-likeness (QED) is 0.684. The van der Waals surface area contributed by atoms with Crippen molar-refractivity contribution in [3.63, 3.8) is 0 Å². The molecular formula is C14H17BF2N2O4. The molecule has 1 aliphatic heterocycles. The van der Waals surface area contributed by atoms with Crippen LogP contribution in [-0.4, -0.2) is 52.4 Å². The maximum Gasteiger partial charge on any atom is 0.475 e. The maximum atomic E-state index is 13.6. The van der Waals surface area contributed by atoms with Crippen LogP contribution in [0.4, 0.5) is 8.78 Å². The second-order valence-electron chi connectivity index (χ2n) is 5.47. The lowest BCUT2D eigenvalue weighted by Gasteiger charge is -2.27. The lowest BCUT2D eigenvalue weighted by molar-refractivity contribution is -0.132. The molecule has 2 rings (SSSR count). The van der Waals surface area contributed by atoms with Crippen molar-refractivity contribution in [1.29, 1.82) is 0 Å².